The van der Waals surface area contributed by atoms with Gasteiger partial charge in [-0.3, -0.25) is 4.79 Å². The Bertz CT molecular complexity index is 1250. The summed E-state index contributed by atoms with van der Waals surface area (Å²) in [5.41, 5.74) is 2.38. The lowest BCUT2D eigenvalue weighted by Gasteiger charge is -2.09. The number of nitrogens with one attached hydrogen (secondary N) is 1. The normalized spacial score (nSPS) is 10.8. The summed E-state index contributed by atoms with van der Waals surface area (Å²) >= 11 is 0. The second-order valence-corrected chi connectivity index (χ2v) is 7.54. The fourth-order valence-electron chi connectivity index (χ4n) is 3.18. The number of nitrogens with zero attached hydrogens (tertiary/aromatic N) is 3. The first-order valence-corrected chi connectivity index (χ1v) is 10.4. The minimum absolute atomic E-state index is 0.0787. The van der Waals surface area contributed by atoms with Gasteiger partial charge in [-0.25, -0.2) is 9.07 Å². The number of methoxy groups -OCH3 is 1. The molecule has 1 heterocycles. The third-order valence-electron chi connectivity index (χ3n) is 4.73. The second-order valence-electron chi connectivity index (χ2n) is 7.54. The number of aromatic nitrogens is 3. The Balaban J connectivity index is 1.62. The molecule has 0 spiro atoms. The molecule has 3 aromatic carbocycles. The van der Waals surface area contributed by atoms with Crippen LogP contribution in [0.25, 0.3) is 17.1 Å². The van der Waals surface area contributed by atoms with E-state index >= 15 is 0 Å². The van der Waals surface area contributed by atoms with Gasteiger partial charge in [-0.05, 0) is 80.6 Å². The van der Waals surface area contributed by atoms with Crippen LogP contribution in [0.4, 0.5) is 10.1 Å². The van der Waals surface area contributed by atoms with Gasteiger partial charge in [-0.2, -0.15) is 4.98 Å². The van der Waals surface area contributed by atoms with E-state index in [1.165, 1.54) is 18.2 Å². The van der Waals surface area contributed by atoms with Gasteiger partial charge in [0.25, 0.3) is 5.91 Å². The Hall–Kier alpha value is -4.20. The molecule has 7 nitrogen and oxygen atoms in total. The van der Waals surface area contributed by atoms with Gasteiger partial charge in [0.05, 0.1) is 18.9 Å². The topological polar surface area (TPSA) is 78.3 Å². The monoisotopic (exact) mass is 446 g/mol. The fourth-order valence-corrected chi connectivity index (χ4v) is 3.18. The molecule has 168 valence electrons. The number of ether oxygens (including phenoxy) is 2. The van der Waals surface area contributed by atoms with Crippen molar-refractivity contribution in [3.05, 3.63) is 84.2 Å². The summed E-state index contributed by atoms with van der Waals surface area (Å²) in [7, 11) is 1.61. The van der Waals surface area contributed by atoms with E-state index in [-0.39, 0.29) is 17.7 Å². The van der Waals surface area contributed by atoms with Crippen LogP contribution in [-0.4, -0.2) is 33.9 Å². The van der Waals surface area contributed by atoms with Crippen LogP contribution < -0.4 is 14.8 Å². The number of carbonyl (C=O) groups excluding carboxylic acids is 1. The molecule has 0 aliphatic carbocycles. The van der Waals surface area contributed by atoms with E-state index in [0.29, 0.717) is 11.5 Å². The number of anilines is 1. The van der Waals surface area contributed by atoms with Gasteiger partial charge in [0, 0.05) is 16.8 Å². The lowest BCUT2D eigenvalue weighted by molar-refractivity contribution is 0.102. The standard InChI is InChI=1S/C25H23FN4O3/c1-16(2)33-25-28-23(17-7-13-22(32-3)14-8-17)30(29-25)21-11-9-20(10-12-21)27-24(31)18-5-4-6-19(26)15-18/h4-16H,1-3H3,(H,27,31). The lowest BCUT2D eigenvalue weighted by atomic mass is 10.2. The van der Waals surface area contributed by atoms with E-state index in [0.717, 1.165) is 17.0 Å². The third-order valence-corrected chi connectivity index (χ3v) is 4.73. The Morgan fingerprint density at radius 1 is 1.03 bits per heavy atom. The van der Waals surface area contributed by atoms with Gasteiger partial charge >= 0.3 is 6.01 Å². The van der Waals surface area contributed by atoms with Crippen molar-refractivity contribution in [2.75, 3.05) is 12.4 Å². The smallest absolute Gasteiger partial charge is 0.336 e. The van der Waals surface area contributed by atoms with Crippen molar-refractivity contribution in [3.8, 4) is 28.8 Å². The average molecular weight is 446 g/mol. The van der Waals surface area contributed by atoms with E-state index in [4.69, 9.17) is 9.47 Å². The number of amides is 1. The molecule has 0 unspecified atom stereocenters. The van der Waals surface area contributed by atoms with Crippen molar-refractivity contribution in [2.24, 2.45) is 0 Å². The fraction of sp³-hybridized carbons (Fsp3) is 0.160. The molecule has 0 saturated carbocycles. The summed E-state index contributed by atoms with van der Waals surface area (Å²) in [6.07, 6.45) is -0.0787. The molecule has 0 saturated heterocycles. The van der Waals surface area contributed by atoms with Crippen LogP contribution >= 0.6 is 0 Å². The quantitative estimate of drug-likeness (QED) is 0.426. The predicted molar refractivity (Wildman–Crippen MR) is 123 cm³/mol. The van der Waals surface area contributed by atoms with E-state index in [1.54, 1.807) is 30.0 Å². The molecular weight excluding hydrogens is 423 g/mol. The number of rotatable bonds is 7. The highest BCUT2D eigenvalue weighted by atomic mass is 19.1. The Morgan fingerprint density at radius 3 is 2.39 bits per heavy atom. The van der Waals surface area contributed by atoms with Gasteiger partial charge in [0.2, 0.25) is 0 Å². The largest absolute Gasteiger partial charge is 0.497 e. The minimum atomic E-state index is -0.463. The Labute approximate surface area is 190 Å². The molecular formula is C25H23FN4O3. The summed E-state index contributed by atoms with van der Waals surface area (Å²) in [4.78, 5) is 16.9. The van der Waals surface area contributed by atoms with Crippen LogP contribution in [0.1, 0.15) is 24.2 Å². The maximum Gasteiger partial charge on any atom is 0.336 e. The van der Waals surface area contributed by atoms with Crippen molar-refractivity contribution in [3.63, 3.8) is 0 Å². The number of hydrogen-bond acceptors (Lipinski definition) is 5. The summed E-state index contributed by atoms with van der Waals surface area (Å²) in [6, 6.07) is 20.4. The molecule has 4 rings (SSSR count). The minimum Gasteiger partial charge on any atom is -0.497 e. The maximum absolute atomic E-state index is 13.4. The SMILES string of the molecule is COc1ccc(-c2nc(OC(C)C)nn2-c2ccc(NC(=O)c3cccc(F)c3)cc2)cc1. The number of carbonyl (C=O) groups is 1. The van der Waals surface area contributed by atoms with Crippen LogP contribution in [0.3, 0.4) is 0 Å². The van der Waals surface area contributed by atoms with E-state index in [1.807, 2.05) is 50.2 Å². The Kier molecular flexibility index (Phi) is 6.35. The zero-order valence-corrected chi connectivity index (χ0v) is 18.4. The van der Waals surface area contributed by atoms with Crippen molar-refractivity contribution in [1.29, 1.82) is 0 Å². The van der Waals surface area contributed by atoms with Crippen molar-refractivity contribution in [1.82, 2.24) is 14.8 Å². The average Bonchev–Trinajstić information content (AvgIpc) is 3.22. The second kappa shape index (κ2) is 9.52. The van der Waals surface area contributed by atoms with Crippen molar-refractivity contribution in [2.45, 2.75) is 20.0 Å². The highest BCUT2D eigenvalue weighted by molar-refractivity contribution is 6.04. The third kappa shape index (κ3) is 5.17. The highest BCUT2D eigenvalue weighted by Crippen LogP contribution is 2.26. The molecule has 0 aliphatic heterocycles. The molecule has 1 amide bonds. The van der Waals surface area contributed by atoms with Gasteiger partial charge in [0.1, 0.15) is 11.6 Å². The van der Waals surface area contributed by atoms with Crippen LogP contribution in [0.5, 0.6) is 11.8 Å². The van der Waals surface area contributed by atoms with Crippen molar-refractivity contribution < 1.29 is 18.7 Å². The van der Waals surface area contributed by atoms with Crippen molar-refractivity contribution >= 4 is 11.6 Å². The van der Waals surface area contributed by atoms with Crippen LogP contribution in [0, 0.1) is 5.82 Å². The lowest BCUT2D eigenvalue weighted by Crippen LogP contribution is -2.12. The zero-order valence-electron chi connectivity index (χ0n) is 18.4. The number of hydrogen-bond donors (Lipinski definition) is 1. The highest BCUT2D eigenvalue weighted by Gasteiger charge is 2.16. The van der Waals surface area contributed by atoms with Gasteiger partial charge in [0.15, 0.2) is 5.82 Å². The predicted octanol–water partition coefficient (Wildman–Crippen LogP) is 5.12. The number of halogens is 1. The van der Waals surface area contributed by atoms with Crippen LogP contribution in [0.15, 0.2) is 72.8 Å². The van der Waals surface area contributed by atoms with Gasteiger partial charge in [-0.1, -0.05) is 6.07 Å². The van der Waals surface area contributed by atoms with E-state index in [9.17, 15) is 9.18 Å². The Morgan fingerprint density at radius 2 is 1.76 bits per heavy atom. The first-order chi connectivity index (χ1) is 15.9. The molecule has 33 heavy (non-hydrogen) atoms. The summed E-state index contributed by atoms with van der Waals surface area (Å²) < 4.78 is 26.0. The number of benzene rings is 3. The van der Waals surface area contributed by atoms with Crippen LogP contribution in [0.2, 0.25) is 0 Å². The molecule has 1 aromatic heterocycles. The first kappa shape index (κ1) is 22.0. The van der Waals surface area contributed by atoms with Gasteiger partial charge in [-0.15, -0.1) is 5.10 Å². The molecule has 0 atom stereocenters. The maximum atomic E-state index is 13.4. The summed E-state index contributed by atoms with van der Waals surface area (Å²) in [5, 5.41) is 7.28. The molecule has 4 aromatic rings. The van der Waals surface area contributed by atoms with Crippen LogP contribution in [-0.2, 0) is 0 Å². The zero-order chi connectivity index (χ0) is 23.4. The molecule has 8 heteroatoms. The molecule has 0 bridgehead atoms. The van der Waals surface area contributed by atoms with E-state index < -0.39 is 11.7 Å². The summed E-state index contributed by atoms with van der Waals surface area (Å²) in [5.74, 6) is 0.482. The molecule has 0 radical (unpaired) electrons. The molecule has 1 N–H and O–H groups in total. The molecule has 0 aliphatic rings. The first-order valence-electron chi connectivity index (χ1n) is 10.4. The summed E-state index contributed by atoms with van der Waals surface area (Å²) in [6.45, 7) is 3.81. The van der Waals surface area contributed by atoms with E-state index in [2.05, 4.69) is 15.4 Å². The van der Waals surface area contributed by atoms with Gasteiger partial charge < -0.3 is 14.8 Å². The molecule has 0 fully saturated rings.